The molecule has 0 saturated carbocycles. The molecular formula is C16H29N3. The molecule has 3 nitrogen and oxygen atoms in total. The second kappa shape index (κ2) is 7.59. The van der Waals surface area contributed by atoms with E-state index < -0.39 is 0 Å². The van der Waals surface area contributed by atoms with Gasteiger partial charge in [0.25, 0.3) is 0 Å². The number of nitrogens with one attached hydrogen (secondary N) is 1. The normalized spacial score (nSPS) is 11.6. The number of hydrogen-bond acceptors (Lipinski definition) is 3. The highest BCUT2D eigenvalue weighted by atomic mass is 14.9. The van der Waals surface area contributed by atoms with Crippen LogP contribution in [0.2, 0.25) is 0 Å². The predicted molar refractivity (Wildman–Crippen MR) is 81.2 cm³/mol. The van der Waals surface area contributed by atoms with E-state index in [1.54, 1.807) is 0 Å². The van der Waals surface area contributed by atoms with E-state index in [-0.39, 0.29) is 0 Å². The Morgan fingerprint density at radius 1 is 0.947 bits per heavy atom. The minimum atomic E-state index is 0.673. The van der Waals surface area contributed by atoms with E-state index in [9.17, 15) is 0 Å². The minimum Gasteiger partial charge on any atom is -0.312 e. The third kappa shape index (κ3) is 5.68. The Hall–Kier alpha value is -0.960. The molecule has 3 heteroatoms. The topological polar surface area (TPSA) is 37.8 Å². The number of hydrogen-bond donors (Lipinski definition) is 1. The number of rotatable bonds is 7. The van der Waals surface area contributed by atoms with Gasteiger partial charge in [0, 0.05) is 29.9 Å². The highest BCUT2D eigenvalue weighted by molar-refractivity contribution is 5.24. The summed E-state index contributed by atoms with van der Waals surface area (Å²) in [7, 11) is 0. The van der Waals surface area contributed by atoms with Crippen LogP contribution in [0.1, 0.15) is 56.9 Å². The average molecular weight is 263 g/mol. The first kappa shape index (κ1) is 16.1. The van der Waals surface area contributed by atoms with Crippen molar-refractivity contribution >= 4 is 0 Å². The summed E-state index contributed by atoms with van der Waals surface area (Å²) < 4.78 is 0. The molecule has 108 valence electrons. The van der Waals surface area contributed by atoms with E-state index in [0.29, 0.717) is 11.8 Å². The third-order valence-electron chi connectivity index (χ3n) is 3.27. The van der Waals surface area contributed by atoms with Gasteiger partial charge >= 0.3 is 0 Å². The highest BCUT2D eigenvalue weighted by Gasteiger charge is 2.09. The molecule has 0 fully saturated rings. The summed E-state index contributed by atoms with van der Waals surface area (Å²) >= 11 is 0. The second-order valence-corrected chi connectivity index (χ2v) is 6.25. The van der Waals surface area contributed by atoms with Gasteiger partial charge in [0.05, 0.1) is 0 Å². The number of aryl methyl sites for hydroxylation is 3. The first-order valence-corrected chi connectivity index (χ1v) is 7.43. The average Bonchev–Trinajstić information content (AvgIpc) is 2.29. The van der Waals surface area contributed by atoms with Crippen LogP contribution >= 0.6 is 0 Å². The van der Waals surface area contributed by atoms with Crippen LogP contribution in [-0.4, -0.2) is 16.5 Å². The molecule has 19 heavy (non-hydrogen) atoms. The van der Waals surface area contributed by atoms with Crippen molar-refractivity contribution < 1.29 is 0 Å². The van der Waals surface area contributed by atoms with E-state index in [2.05, 4.69) is 56.8 Å². The Kier molecular flexibility index (Phi) is 6.43. The maximum Gasteiger partial charge on any atom is 0.128 e. The summed E-state index contributed by atoms with van der Waals surface area (Å²) in [5.74, 6) is 2.37. The molecule has 1 rings (SSSR count). The Morgan fingerprint density at radius 3 is 2.00 bits per heavy atom. The van der Waals surface area contributed by atoms with E-state index in [0.717, 1.165) is 43.1 Å². The fraction of sp³-hybridized carbons (Fsp3) is 0.750. The van der Waals surface area contributed by atoms with Crippen molar-refractivity contribution in [3.8, 4) is 0 Å². The fourth-order valence-corrected chi connectivity index (χ4v) is 2.08. The van der Waals surface area contributed by atoms with Gasteiger partial charge in [0.2, 0.25) is 0 Å². The molecule has 1 N–H and O–H groups in total. The van der Waals surface area contributed by atoms with Crippen LogP contribution in [0.4, 0.5) is 0 Å². The quantitative estimate of drug-likeness (QED) is 0.819. The molecule has 0 atom stereocenters. The van der Waals surface area contributed by atoms with E-state index in [1.165, 1.54) is 5.56 Å². The molecule has 0 bridgehead atoms. The van der Waals surface area contributed by atoms with Crippen LogP contribution in [-0.2, 0) is 13.0 Å². The monoisotopic (exact) mass is 263 g/mol. The van der Waals surface area contributed by atoms with Crippen molar-refractivity contribution in [1.82, 2.24) is 15.3 Å². The zero-order valence-corrected chi connectivity index (χ0v) is 13.4. The van der Waals surface area contributed by atoms with Crippen molar-refractivity contribution in [3.63, 3.8) is 0 Å². The van der Waals surface area contributed by atoms with Crippen molar-refractivity contribution in [2.75, 3.05) is 6.54 Å². The lowest BCUT2D eigenvalue weighted by molar-refractivity contribution is 0.546. The Balaban J connectivity index is 2.68. The molecule has 1 aromatic rings. The van der Waals surface area contributed by atoms with Gasteiger partial charge in [-0.2, -0.15) is 0 Å². The van der Waals surface area contributed by atoms with Crippen LogP contribution < -0.4 is 5.32 Å². The minimum absolute atomic E-state index is 0.673. The first-order chi connectivity index (χ1) is 8.90. The summed E-state index contributed by atoms with van der Waals surface area (Å²) in [5, 5.41) is 3.47. The van der Waals surface area contributed by atoms with E-state index in [4.69, 9.17) is 0 Å². The van der Waals surface area contributed by atoms with E-state index in [1.807, 2.05) is 0 Å². The molecule has 0 aliphatic heterocycles. The summed E-state index contributed by atoms with van der Waals surface area (Å²) in [6.07, 6.45) is 2.14. The first-order valence-electron chi connectivity index (χ1n) is 7.43. The van der Waals surface area contributed by atoms with Gasteiger partial charge in [-0.3, -0.25) is 0 Å². The molecule has 0 aliphatic carbocycles. The molecule has 0 unspecified atom stereocenters. The van der Waals surface area contributed by atoms with Crippen molar-refractivity contribution in [1.29, 1.82) is 0 Å². The fourth-order valence-electron chi connectivity index (χ4n) is 2.08. The highest BCUT2D eigenvalue weighted by Crippen LogP contribution is 2.12. The lowest BCUT2D eigenvalue weighted by Crippen LogP contribution is -2.21. The molecule has 0 amide bonds. The largest absolute Gasteiger partial charge is 0.312 e. The summed E-state index contributed by atoms with van der Waals surface area (Å²) in [5.41, 5.74) is 3.51. The number of nitrogens with zero attached hydrogens (tertiary/aromatic N) is 2. The van der Waals surface area contributed by atoms with Crippen LogP contribution in [0.25, 0.3) is 0 Å². The predicted octanol–water partition coefficient (Wildman–Crippen LogP) is 3.43. The van der Waals surface area contributed by atoms with Crippen LogP contribution in [0.3, 0.4) is 0 Å². The lowest BCUT2D eigenvalue weighted by atomic mass is 10.1. The van der Waals surface area contributed by atoms with Gasteiger partial charge in [-0.15, -0.1) is 0 Å². The van der Waals surface area contributed by atoms with Crippen LogP contribution in [0, 0.1) is 25.7 Å². The third-order valence-corrected chi connectivity index (χ3v) is 3.27. The van der Waals surface area contributed by atoms with Crippen LogP contribution in [0.5, 0.6) is 0 Å². The van der Waals surface area contributed by atoms with Gasteiger partial charge in [0.1, 0.15) is 5.82 Å². The Bertz CT molecular complexity index is 374. The smallest absolute Gasteiger partial charge is 0.128 e. The van der Waals surface area contributed by atoms with Gasteiger partial charge in [-0.1, -0.05) is 27.7 Å². The van der Waals surface area contributed by atoms with Gasteiger partial charge < -0.3 is 5.32 Å². The Labute approximate surface area is 118 Å². The molecule has 0 spiro atoms. The number of aromatic nitrogens is 2. The lowest BCUT2D eigenvalue weighted by Gasteiger charge is -2.13. The van der Waals surface area contributed by atoms with Crippen molar-refractivity contribution in [2.45, 2.75) is 60.9 Å². The van der Waals surface area contributed by atoms with Gasteiger partial charge in [-0.25, -0.2) is 9.97 Å². The zero-order valence-electron chi connectivity index (χ0n) is 13.4. The molecule has 1 aromatic heterocycles. The molecule has 0 aromatic carbocycles. The summed E-state index contributed by atoms with van der Waals surface area (Å²) in [6, 6.07) is 0. The zero-order chi connectivity index (χ0) is 14.4. The van der Waals surface area contributed by atoms with Gasteiger partial charge in [-0.05, 0) is 38.6 Å². The molecule has 1 heterocycles. The van der Waals surface area contributed by atoms with Gasteiger partial charge in [0.15, 0.2) is 0 Å². The van der Waals surface area contributed by atoms with Crippen LogP contribution in [0.15, 0.2) is 0 Å². The molecular weight excluding hydrogens is 234 g/mol. The SMILES string of the molecule is Cc1nc(CCC(C)C)nc(C)c1CNCC(C)C. The van der Waals surface area contributed by atoms with Crippen molar-refractivity contribution in [2.24, 2.45) is 11.8 Å². The molecule has 0 aliphatic rings. The molecule has 0 saturated heterocycles. The Morgan fingerprint density at radius 2 is 1.53 bits per heavy atom. The maximum atomic E-state index is 4.65. The summed E-state index contributed by atoms with van der Waals surface area (Å²) in [6.45, 7) is 15.0. The second-order valence-electron chi connectivity index (χ2n) is 6.25. The van der Waals surface area contributed by atoms with Crippen molar-refractivity contribution in [3.05, 3.63) is 22.8 Å². The maximum absolute atomic E-state index is 4.65. The standard InChI is InChI=1S/C16H29N3/c1-11(2)7-8-16-18-13(5)15(14(6)19-16)10-17-9-12(3)4/h11-12,17H,7-10H2,1-6H3. The van der Waals surface area contributed by atoms with E-state index >= 15 is 0 Å². The summed E-state index contributed by atoms with van der Waals surface area (Å²) in [4.78, 5) is 9.31. The molecule has 0 radical (unpaired) electrons.